The molecule has 3 aromatic rings. The minimum atomic E-state index is -0.536. The summed E-state index contributed by atoms with van der Waals surface area (Å²) in [6.07, 6.45) is 1.17. The van der Waals surface area contributed by atoms with E-state index in [-0.39, 0.29) is 5.75 Å². The molecule has 1 N–H and O–H groups in total. The molecule has 0 aliphatic heterocycles. The second kappa shape index (κ2) is 5.17. The average Bonchev–Trinajstić information content (AvgIpc) is 2.44. The van der Waals surface area contributed by atoms with Crippen LogP contribution in [-0.4, -0.2) is 10.1 Å². The lowest BCUT2D eigenvalue weighted by atomic mass is 10.1. The van der Waals surface area contributed by atoms with Crippen LogP contribution in [0.5, 0.6) is 5.75 Å². The fourth-order valence-electron chi connectivity index (χ4n) is 2.14. The fourth-order valence-corrected chi connectivity index (χ4v) is 2.14. The van der Waals surface area contributed by atoms with Crippen molar-refractivity contribution < 1.29 is 9.52 Å². The maximum Gasteiger partial charge on any atom is 0.339 e. The summed E-state index contributed by atoms with van der Waals surface area (Å²) in [6.45, 7) is 0. The number of fused-ring (bicyclic) bond motifs is 1. The van der Waals surface area contributed by atoms with Crippen molar-refractivity contribution in [2.45, 2.75) is 12.8 Å². The first-order valence-corrected chi connectivity index (χ1v) is 6.38. The van der Waals surface area contributed by atoms with Crippen LogP contribution in [0.4, 0.5) is 0 Å². The normalized spacial score (nSPS) is 10.8. The Balaban J connectivity index is 1.81. The third-order valence-electron chi connectivity index (χ3n) is 3.09. The molecule has 0 unspecified atom stereocenters. The molecule has 2 aromatic heterocycles. The van der Waals surface area contributed by atoms with Gasteiger partial charge in [0.2, 0.25) is 0 Å². The SMILES string of the molecule is O=c1cc(O)cc(CCc2ccc3ccccc3n2)o1. The van der Waals surface area contributed by atoms with Gasteiger partial charge in [-0.2, -0.15) is 0 Å². The first-order valence-electron chi connectivity index (χ1n) is 6.38. The first kappa shape index (κ1) is 12.4. The summed E-state index contributed by atoms with van der Waals surface area (Å²) >= 11 is 0. The molecule has 0 aliphatic carbocycles. The van der Waals surface area contributed by atoms with E-state index in [1.54, 1.807) is 0 Å². The summed E-state index contributed by atoms with van der Waals surface area (Å²) in [6, 6.07) is 14.4. The third kappa shape index (κ3) is 2.69. The Kier molecular flexibility index (Phi) is 3.21. The molecule has 1 aromatic carbocycles. The van der Waals surface area contributed by atoms with E-state index in [1.807, 2.05) is 36.4 Å². The van der Waals surface area contributed by atoms with E-state index in [9.17, 15) is 9.90 Å². The smallest absolute Gasteiger partial charge is 0.339 e. The predicted molar refractivity (Wildman–Crippen MR) is 75.8 cm³/mol. The molecule has 0 radical (unpaired) electrons. The summed E-state index contributed by atoms with van der Waals surface area (Å²) in [5.74, 6) is 0.396. The van der Waals surface area contributed by atoms with E-state index in [0.717, 1.165) is 22.7 Å². The van der Waals surface area contributed by atoms with Gasteiger partial charge in [0.05, 0.1) is 11.6 Å². The Morgan fingerprint density at radius 3 is 2.75 bits per heavy atom. The number of aromatic hydroxyl groups is 1. The summed E-state index contributed by atoms with van der Waals surface area (Å²) in [4.78, 5) is 15.7. The molecule has 0 atom stereocenters. The van der Waals surface area contributed by atoms with Gasteiger partial charge < -0.3 is 9.52 Å². The molecule has 3 rings (SSSR count). The number of hydrogen-bond acceptors (Lipinski definition) is 4. The number of rotatable bonds is 3. The summed E-state index contributed by atoms with van der Waals surface area (Å²) < 4.78 is 5.02. The molecule has 0 saturated heterocycles. The summed E-state index contributed by atoms with van der Waals surface area (Å²) in [5, 5.41) is 10.5. The van der Waals surface area contributed by atoms with E-state index in [2.05, 4.69) is 4.98 Å². The maximum absolute atomic E-state index is 11.2. The molecule has 2 heterocycles. The third-order valence-corrected chi connectivity index (χ3v) is 3.09. The van der Waals surface area contributed by atoms with Crippen molar-refractivity contribution in [1.29, 1.82) is 0 Å². The quantitative estimate of drug-likeness (QED) is 0.792. The van der Waals surface area contributed by atoms with Gasteiger partial charge in [-0.1, -0.05) is 24.3 Å². The molecule has 0 aliphatic rings. The maximum atomic E-state index is 11.2. The summed E-state index contributed by atoms with van der Waals surface area (Å²) in [7, 11) is 0. The van der Waals surface area contributed by atoms with Gasteiger partial charge in [0, 0.05) is 23.6 Å². The highest BCUT2D eigenvalue weighted by molar-refractivity contribution is 5.78. The minimum Gasteiger partial charge on any atom is -0.508 e. The van der Waals surface area contributed by atoms with Crippen LogP contribution in [0.3, 0.4) is 0 Å². The number of hydrogen-bond donors (Lipinski definition) is 1. The van der Waals surface area contributed by atoms with Gasteiger partial charge in [-0.3, -0.25) is 4.98 Å². The number of benzene rings is 1. The molecule has 0 bridgehead atoms. The number of aryl methyl sites for hydroxylation is 2. The number of para-hydroxylation sites is 1. The van der Waals surface area contributed by atoms with Crippen molar-refractivity contribution in [2.24, 2.45) is 0 Å². The fraction of sp³-hybridized carbons (Fsp3) is 0.125. The van der Waals surface area contributed by atoms with Gasteiger partial charge in [0.1, 0.15) is 11.5 Å². The van der Waals surface area contributed by atoms with Crippen LogP contribution in [-0.2, 0) is 12.8 Å². The Hall–Kier alpha value is -2.62. The molecule has 0 saturated carbocycles. The lowest BCUT2D eigenvalue weighted by Crippen LogP contribution is -2.01. The van der Waals surface area contributed by atoms with Gasteiger partial charge in [-0.25, -0.2) is 4.79 Å². The zero-order valence-electron chi connectivity index (χ0n) is 10.7. The van der Waals surface area contributed by atoms with Crippen LogP contribution in [0.15, 0.2) is 57.7 Å². The van der Waals surface area contributed by atoms with E-state index < -0.39 is 5.63 Å². The van der Waals surface area contributed by atoms with Gasteiger partial charge in [-0.05, 0) is 18.6 Å². The molecular weight excluding hydrogens is 254 g/mol. The second-order valence-electron chi connectivity index (χ2n) is 4.60. The zero-order chi connectivity index (χ0) is 13.9. The van der Waals surface area contributed by atoms with Crippen LogP contribution in [0, 0.1) is 0 Å². The minimum absolute atomic E-state index is 0.0669. The molecule has 100 valence electrons. The van der Waals surface area contributed by atoms with Crippen molar-refractivity contribution in [1.82, 2.24) is 4.98 Å². The standard InChI is InChI=1S/C16H13NO3/c18-13-9-14(20-16(19)10-13)8-7-12-6-5-11-3-1-2-4-15(11)17-12/h1-6,9-10,18H,7-8H2. The molecule has 0 spiro atoms. The van der Waals surface area contributed by atoms with Crippen molar-refractivity contribution in [3.8, 4) is 5.75 Å². The van der Waals surface area contributed by atoms with Crippen LogP contribution in [0.2, 0.25) is 0 Å². The molecule has 4 nitrogen and oxygen atoms in total. The predicted octanol–water partition coefficient (Wildman–Crippen LogP) is 2.68. The van der Waals surface area contributed by atoms with Crippen molar-refractivity contribution in [2.75, 3.05) is 0 Å². The topological polar surface area (TPSA) is 63.3 Å². The Morgan fingerprint density at radius 1 is 1.05 bits per heavy atom. The Morgan fingerprint density at radius 2 is 1.90 bits per heavy atom. The van der Waals surface area contributed by atoms with Crippen LogP contribution >= 0.6 is 0 Å². The number of aromatic nitrogens is 1. The van der Waals surface area contributed by atoms with Crippen molar-refractivity contribution in [3.63, 3.8) is 0 Å². The van der Waals surface area contributed by atoms with Gasteiger partial charge in [0.15, 0.2) is 0 Å². The van der Waals surface area contributed by atoms with Gasteiger partial charge in [0.25, 0.3) is 0 Å². The van der Waals surface area contributed by atoms with Gasteiger partial charge >= 0.3 is 5.63 Å². The van der Waals surface area contributed by atoms with Crippen molar-refractivity contribution >= 4 is 10.9 Å². The molecule has 4 heteroatoms. The van der Waals surface area contributed by atoms with E-state index in [1.165, 1.54) is 6.07 Å². The van der Waals surface area contributed by atoms with Gasteiger partial charge in [-0.15, -0.1) is 0 Å². The number of nitrogens with zero attached hydrogens (tertiary/aromatic N) is 1. The highest BCUT2D eigenvalue weighted by Gasteiger charge is 2.03. The average molecular weight is 267 g/mol. The Labute approximate surface area is 115 Å². The lowest BCUT2D eigenvalue weighted by Gasteiger charge is -2.03. The van der Waals surface area contributed by atoms with E-state index in [0.29, 0.717) is 18.6 Å². The molecule has 0 amide bonds. The van der Waals surface area contributed by atoms with E-state index >= 15 is 0 Å². The summed E-state index contributed by atoms with van der Waals surface area (Å²) in [5.41, 5.74) is 1.34. The van der Waals surface area contributed by atoms with Crippen LogP contribution in [0.25, 0.3) is 10.9 Å². The highest BCUT2D eigenvalue weighted by Crippen LogP contribution is 2.14. The Bertz CT molecular complexity index is 808. The number of pyridine rings is 1. The lowest BCUT2D eigenvalue weighted by molar-refractivity contribution is 0.423. The second-order valence-corrected chi connectivity index (χ2v) is 4.60. The first-order chi connectivity index (χ1) is 9.70. The van der Waals surface area contributed by atoms with Crippen LogP contribution < -0.4 is 5.63 Å². The highest BCUT2D eigenvalue weighted by atomic mass is 16.4. The van der Waals surface area contributed by atoms with Crippen molar-refractivity contribution in [3.05, 3.63) is 70.4 Å². The molecule has 0 fully saturated rings. The monoisotopic (exact) mass is 267 g/mol. The molecular formula is C16H13NO3. The van der Waals surface area contributed by atoms with E-state index in [4.69, 9.17) is 4.42 Å². The largest absolute Gasteiger partial charge is 0.508 e. The van der Waals surface area contributed by atoms with Crippen LogP contribution in [0.1, 0.15) is 11.5 Å². The molecule has 20 heavy (non-hydrogen) atoms. The zero-order valence-corrected chi connectivity index (χ0v) is 10.7.